The number of benzene rings is 2. The fourth-order valence-corrected chi connectivity index (χ4v) is 2.87. The number of rotatable bonds is 9. The molecule has 8 heteroatoms. The lowest BCUT2D eigenvalue weighted by Crippen LogP contribution is -2.38. The van der Waals surface area contributed by atoms with Gasteiger partial charge in [-0.15, -0.1) is 0 Å². The Bertz CT molecular complexity index is 886. The Morgan fingerprint density at radius 1 is 1.03 bits per heavy atom. The van der Waals surface area contributed by atoms with Gasteiger partial charge in [0.2, 0.25) is 11.8 Å². The van der Waals surface area contributed by atoms with E-state index in [0.717, 1.165) is 15.7 Å². The topological polar surface area (TPSA) is 96.5 Å². The predicted octanol–water partition coefficient (Wildman–Crippen LogP) is 3.03. The first-order chi connectivity index (χ1) is 13.9. The van der Waals surface area contributed by atoms with Crippen molar-refractivity contribution in [3.05, 3.63) is 58.1 Å². The highest BCUT2D eigenvalue weighted by atomic mass is 79.9. The number of hydrogen-bond donors (Lipinski definition) is 3. The molecule has 0 atom stereocenters. The van der Waals surface area contributed by atoms with Gasteiger partial charge in [-0.05, 0) is 43.7 Å². The second-order valence-electron chi connectivity index (χ2n) is 6.22. The standard InChI is InChI=1S/C21H24BrN3O4/c1-3-29-18-7-5-4-6-16(18)21(28)24-13-20(27)23-11-10-19(26)25-17-12-15(22)9-8-14(17)2/h4-9,12H,3,10-11,13H2,1-2H3,(H,23,27)(H,24,28)(H,25,26). The van der Waals surface area contributed by atoms with E-state index >= 15 is 0 Å². The molecule has 2 aromatic carbocycles. The van der Waals surface area contributed by atoms with E-state index in [4.69, 9.17) is 4.74 Å². The molecule has 29 heavy (non-hydrogen) atoms. The number of anilines is 1. The minimum absolute atomic E-state index is 0.124. The van der Waals surface area contributed by atoms with Crippen LogP contribution in [0.2, 0.25) is 0 Å². The van der Waals surface area contributed by atoms with E-state index in [2.05, 4.69) is 31.9 Å². The molecule has 3 amide bonds. The molecule has 154 valence electrons. The molecule has 0 heterocycles. The van der Waals surface area contributed by atoms with Crippen LogP contribution in [0.25, 0.3) is 0 Å². The number of ether oxygens (including phenoxy) is 1. The number of amides is 3. The first-order valence-corrected chi connectivity index (χ1v) is 10.0. The maximum atomic E-state index is 12.3. The van der Waals surface area contributed by atoms with Gasteiger partial charge in [0.05, 0.1) is 18.7 Å². The Hall–Kier alpha value is -2.87. The number of aryl methyl sites for hydroxylation is 1. The summed E-state index contributed by atoms with van der Waals surface area (Å²) in [5.74, 6) is -0.514. The molecular formula is C21H24BrN3O4. The highest BCUT2D eigenvalue weighted by Gasteiger charge is 2.13. The van der Waals surface area contributed by atoms with Crippen molar-refractivity contribution >= 4 is 39.3 Å². The maximum absolute atomic E-state index is 12.3. The number of hydrogen-bond acceptors (Lipinski definition) is 4. The van der Waals surface area contributed by atoms with Gasteiger partial charge in [-0.1, -0.05) is 34.1 Å². The Kier molecular flexibility index (Phi) is 8.67. The van der Waals surface area contributed by atoms with Crippen molar-refractivity contribution in [3.63, 3.8) is 0 Å². The van der Waals surface area contributed by atoms with Gasteiger partial charge in [0.1, 0.15) is 5.75 Å². The molecule has 0 saturated heterocycles. The summed E-state index contributed by atoms with van der Waals surface area (Å²) in [6, 6.07) is 12.4. The van der Waals surface area contributed by atoms with E-state index in [1.54, 1.807) is 24.3 Å². The quantitative estimate of drug-likeness (QED) is 0.534. The summed E-state index contributed by atoms with van der Waals surface area (Å²) in [6.45, 7) is 4.15. The summed E-state index contributed by atoms with van der Waals surface area (Å²) in [5, 5.41) is 7.98. The van der Waals surface area contributed by atoms with E-state index in [1.165, 1.54) is 0 Å². The Balaban J connectivity index is 1.74. The van der Waals surface area contributed by atoms with Gasteiger partial charge in [-0.2, -0.15) is 0 Å². The second kappa shape index (κ2) is 11.2. The molecular weight excluding hydrogens is 438 g/mol. The molecule has 0 aliphatic heterocycles. The van der Waals surface area contributed by atoms with Crippen molar-refractivity contribution < 1.29 is 19.1 Å². The number of carbonyl (C=O) groups is 3. The first kappa shape index (κ1) is 22.4. The van der Waals surface area contributed by atoms with Crippen molar-refractivity contribution in [2.24, 2.45) is 0 Å². The largest absolute Gasteiger partial charge is 0.493 e. The van der Waals surface area contributed by atoms with E-state index in [-0.39, 0.29) is 31.3 Å². The average molecular weight is 462 g/mol. The second-order valence-corrected chi connectivity index (χ2v) is 7.13. The maximum Gasteiger partial charge on any atom is 0.255 e. The summed E-state index contributed by atoms with van der Waals surface area (Å²) in [4.78, 5) is 36.2. The summed E-state index contributed by atoms with van der Waals surface area (Å²) in [7, 11) is 0. The van der Waals surface area contributed by atoms with Crippen LogP contribution in [0.1, 0.15) is 29.3 Å². The van der Waals surface area contributed by atoms with Gasteiger partial charge >= 0.3 is 0 Å². The van der Waals surface area contributed by atoms with Gasteiger partial charge in [-0.3, -0.25) is 14.4 Å². The van der Waals surface area contributed by atoms with Crippen molar-refractivity contribution in [2.75, 3.05) is 25.0 Å². The monoisotopic (exact) mass is 461 g/mol. The van der Waals surface area contributed by atoms with Gasteiger partial charge in [-0.25, -0.2) is 0 Å². The highest BCUT2D eigenvalue weighted by molar-refractivity contribution is 9.10. The van der Waals surface area contributed by atoms with Gasteiger partial charge in [0.15, 0.2) is 0 Å². The SMILES string of the molecule is CCOc1ccccc1C(=O)NCC(=O)NCCC(=O)Nc1cc(Br)ccc1C. The van der Waals surface area contributed by atoms with Crippen molar-refractivity contribution in [1.29, 1.82) is 0 Å². The van der Waals surface area contributed by atoms with E-state index in [9.17, 15) is 14.4 Å². The van der Waals surface area contributed by atoms with Crippen LogP contribution in [0.4, 0.5) is 5.69 Å². The molecule has 0 spiro atoms. The van der Waals surface area contributed by atoms with Crippen LogP contribution in [0.3, 0.4) is 0 Å². The van der Waals surface area contributed by atoms with Crippen LogP contribution < -0.4 is 20.7 Å². The molecule has 3 N–H and O–H groups in total. The van der Waals surface area contributed by atoms with Crippen LogP contribution >= 0.6 is 15.9 Å². The summed E-state index contributed by atoms with van der Waals surface area (Å²) < 4.78 is 6.28. The Labute approximate surface area is 178 Å². The zero-order chi connectivity index (χ0) is 21.2. The van der Waals surface area contributed by atoms with Crippen LogP contribution in [0, 0.1) is 6.92 Å². The fourth-order valence-electron chi connectivity index (χ4n) is 2.51. The van der Waals surface area contributed by atoms with E-state index in [0.29, 0.717) is 17.9 Å². The Morgan fingerprint density at radius 2 is 1.79 bits per heavy atom. The molecule has 0 radical (unpaired) electrons. The third-order valence-corrected chi connectivity index (χ3v) is 4.48. The molecule has 7 nitrogen and oxygen atoms in total. The number of carbonyl (C=O) groups excluding carboxylic acids is 3. The van der Waals surface area contributed by atoms with Gasteiger partial charge in [0.25, 0.3) is 5.91 Å². The Morgan fingerprint density at radius 3 is 2.55 bits per heavy atom. The summed E-state index contributed by atoms with van der Waals surface area (Å²) in [6.07, 6.45) is 0.124. The first-order valence-electron chi connectivity index (χ1n) is 9.23. The van der Waals surface area contributed by atoms with Crippen molar-refractivity contribution in [2.45, 2.75) is 20.3 Å². The fraction of sp³-hybridized carbons (Fsp3) is 0.286. The lowest BCUT2D eigenvalue weighted by molar-refractivity contribution is -0.120. The molecule has 0 unspecified atom stereocenters. The molecule has 0 bridgehead atoms. The van der Waals surface area contributed by atoms with E-state index in [1.807, 2.05) is 32.0 Å². The predicted molar refractivity (Wildman–Crippen MR) is 115 cm³/mol. The summed E-state index contributed by atoms with van der Waals surface area (Å²) in [5.41, 5.74) is 2.03. The highest BCUT2D eigenvalue weighted by Crippen LogP contribution is 2.20. The van der Waals surface area contributed by atoms with Crippen LogP contribution in [-0.2, 0) is 9.59 Å². The number of halogens is 1. The van der Waals surface area contributed by atoms with Gasteiger partial charge < -0.3 is 20.7 Å². The number of nitrogens with one attached hydrogen (secondary N) is 3. The van der Waals surface area contributed by atoms with Crippen LogP contribution in [0.5, 0.6) is 5.75 Å². The van der Waals surface area contributed by atoms with Crippen LogP contribution in [-0.4, -0.2) is 37.4 Å². The lowest BCUT2D eigenvalue weighted by Gasteiger charge is -2.11. The van der Waals surface area contributed by atoms with Crippen molar-refractivity contribution in [1.82, 2.24) is 10.6 Å². The lowest BCUT2D eigenvalue weighted by atomic mass is 10.2. The zero-order valence-corrected chi connectivity index (χ0v) is 18.0. The van der Waals surface area contributed by atoms with Crippen molar-refractivity contribution in [3.8, 4) is 5.75 Å². The number of para-hydroxylation sites is 1. The molecule has 0 saturated carbocycles. The third kappa shape index (κ3) is 7.23. The normalized spacial score (nSPS) is 10.2. The molecule has 2 aromatic rings. The third-order valence-electron chi connectivity index (χ3n) is 3.99. The van der Waals surface area contributed by atoms with Crippen LogP contribution in [0.15, 0.2) is 46.9 Å². The average Bonchev–Trinajstić information content (AvgIpc) is 2.69. The molecule has 2 rings (SSSR count). The van der Waals surface area contributed by atoms with Gasteiger partial charge in [0, 0.05) is 23.1 Å². The molecule has 0 aliphatic rings. The minimum Gasteiger partial charge on any atom is -0.493 e. The molecule has 0 aromatic heterocycles. The zero-order valence-electron chi connectivity index (χ0n) is 16.4. The smallest absolute Gasteiger partial charge is 0.255 e. The van der Waals surface area contributed by atoms with E-state index < -0.39 is 5.91 Å². The summed E-state index contributed by atoms with van der Waals surface area (Å²) >= 11 is 3.37. The molecule has 0 aliphatic carbocycles. The molecule has 0 fully saturated rings. The minimum atomic E-state index is -0.396.